The number of carbonyl (C=O) groups is 1. The summed E-state index contributed by atoms with van der Waals surface area (Å²) in [7, 11) is 1.78. The van der Waals surface area contributed by atoms with Gasteiger partial charge in [0.05, 0.1) is 6.10 Å². The fraction of sp³-hybridized carbons (Fsp3) is 0.316. The number of nitrogens with zero attached hydrogens (tertiary/aromatic N) is 1. The molecule has 1 N–H and O–H groups in total. The molecule has 4 nitrogen and oxygen atoms in total. The number of carbonyl (C=O) groups excluding carboxylic acids is 1. The third-order valence-corrected chi connectivity index (χ3v) is 5.06. The largest absolute Gasteiger partial charge is 0.381 e. The number of hydrogen-bond donors (Lipinski definition) is 1. The number of piperidine rings is 1. The molecule has 24 heavy (non-hydrogen) atoms. The highest BCUT2D eigenvalue weighted by atomic mass is 32.1. The van der Waals surface area contributed by atoms with Gasteiger partial charge in [0.25, 0.3) is 0 Å². The Balaban J connectivity index is 1.54. The van der Waals surface area contributed by atoms with Gasteiger partial charge in [-0.25, -0.2) is 0 Å². The number of ether oxygens (including phenoxy) is 1. The predicted octanol–water partition coefficient (Wildman–Crippen LogP) is 4.02. The number of thiophene rings is 1. The van der Waals surface area contributed by atoms with Gasteiger partial charge in [0.2, 0.25) is 5.91 Å². The Morgan fingerprint density at radius 2 is 2.00 bits per heavy atom. The van der Waals surface area contributed by atoms with E-state index >= 15 is 0 Å². The van der Waals surface area contributed by atoms with Crippen molar-refractivity contribution < 1.29 is 9.53 Å². The molecule has 1 amide bonds. The van der Waals surface area contributed by atoms with Crippen LogP contribution in [0.3, 0.4) is 0 Å². The number of anilines is 2. The fourth-order valence-electron chi connectivity index (χ4n) is 2.83. The standard InChI is InChI=1S/C19H22N2O2S/c1-23-17-10-12-21(13-11-17)16-6-4-15(5-7-16)20-19(22)9-8-18-3-2-14-24-18/h2-9,14,17H,10-13H2,1H3,(H,20,22)/b9-8+. The van der Waals surface area contributed by atoms with E-state index in [1.807, 2.05) is 35.7 Å². The molecule has 0 bridgehead atoms. The quantitative estimate of drug-likeness (QED) is 0.835. The van der Waals surface area contributed by atoms with Crippen LogP contribution in [0.2, 0.25) is 0 Å². The molecule has 0 aliphatic carbocycles. The Labute approximate surface area is 146 Å². The lowest BCUT2D eigenvalue weighted by Gasteiger charge is -2.33. The van der Waals surface area contributed by atoms with E-state index < -0.39 is 0 Å². The first-order valence-electron chi connectivity index (χ1n) is 8.15. The number of nitrogens with one attached hydrogen (secondary N) is 1. The van der Waals surface area contributed by atoms with Crippen molar-refractivity contribution in [2.75, 3.05) is 30.4 Å². The zero-order chi connectivity index (χ0) is 16.8. The first-order valence-corrected chi connectivity index (χ1v) is 9.03. The second-order valence-corrected chi connectivity index (χ2v) is 6.79. The summed E-state index contributed by atoms with van der Waals surface area (Å²) in [6, 6.07) is 12.0. The lowest BCUT2D eigenvalue weighted by atomic mass is 10.1. The lowest BCUT2D eigenvalue weighted by Crippen LogP contribution is -2.36. The zero-order valence-electron chi connectivity index (χ0n) is 13.8. The third kappa shape index (κ3) is 4.46. The fourth-order valence-corrected chi connectivity index (χ4v) is 3.45. The van der Waals surface area contributed by atoms with E-state index in [9.17, 15) is 4.79 Å². The van der Waals surface area contributed by atoms with Gasteiger partial charge in [-0.15, -0.1) is 11.3 Å². The summed E-state index contributed by atoms with van der Waals surface area (Å²) in [5, 5.41) is 4.88. The van der Waals surface area contributed by atoms with Crippen LogP contribution in [0.1, 0.15) is 17.7 Å². The average molecular weight is 342 g/mol. The Morgan fingerprint density at radius 3 is 2.62 bits per heavy atom. The van der Waals surface area contributed by atoms with Gasteiger partial charge in [-0.2, -0.15) is 0 Å². The van der Waals surface area contributed by atoms with Crippen LogP contribution in [0.15, 0.2) is 47.9 Å². The maximum atomic E-state index is 11.9. The average Bonchev–Trinajstić information content (AvgIpc) is 3.14. The summed E-state index contributed by atoms with van der Waals surface area (Å²) in [6.07, 6.45) is 5.89. The number of methoxy groups -OCH3 is 1. The Hall–Kier alpha value is -2.11. The van der Waals surface area contributed by atoms with E-state index in [1.165, 1.54) is 5.69 Å². The molecule has 1 saturated heterocycles. The van der Waals surface area contributed by atoms with Gasteiger partial charge in [0, 0.05) is 42.5 Å². The van der Waals surface area contributed by atoms with Gasteiger partial charge in [-0.3, -0.25) is 4.79 Å². The lowest BCUT2D eigenvalue weighted by molar-refractivity contribution is -0.111. The summed E-state index contributed by atoms with van der Waals surface area (Å²) >= 11 is 1.61. The molecule has 2 aromatic rings. The molecule has 1 aromatic carbocycles. The van der Waals surface area contributed by atoms with E-state index in [1.54, 1.807) is 24.5 Å². The van der Waals surface area contributed by atoms with Gasteiger partial charge in [-0.1, -0.05) is 6.07 Å². The molecule has 1 aliphatic heterocycles. The molecular weight excluding hydrogens is 320 g/mol. The molecule has 1 aliphatic rings. The van der Waals surface area contributed by atoms with Gasteiger partial charge in [0.1, 0.15) is 0 Å². The van der Waals surface area contributed by atoms with Crippen molar-refractivity contribution in [1.29, 1.82) is 0 Å². The predicted molar refractivity (Wildman–Crippen MR) is 101 cm³/mol. The van der Waals surface area contributed by atoms with Crippen LogP contribution in [-0.4, -0.2) is 32.2 Å². The van der Waals surface area contributed by atoms with Crippen LogP contribution < -0.4 is 10.2 Å². The van der Waals surface area contributed by atoms with Crippen molar-refractivity contribution in [3.8, 4) is 0 Å². The zero-order valence-corrected chi connectivity index (χ0v) is 14.6. The van der Waals surface area contributed by atoms with Crippen LogP contribution in [0, 0.1) is 0 Å². The van der Waals surface area contributed by atoms with E-state index in [2.05, 4.69) is 22.3 Å². The molecule has 0 saturated carbocycles. The van der Waals surface area contributed by atoms with Gasteiger partial charge < -0.3 is 15.0 Å². The van der Waals surface area contributed by atoms with Crippen molar-refractivity contribution >= 4 is 34.7 Å². The Morgan fingerprint density at radius 1 is 1.25 bits per heavy atom. The van der Waals surface area contributed by atoms with Crippen molar-refractivity contribution in [1.82, 2.24) is 0 Å². The molecule has 0 unspecified atom stereocenters. The van der Waals surface area contributed by atoms with Crippen molar-refractivity contribution in [2.24, 2.45) is 0 Å². The molecule has 0 spiro atoms. The Kier molecular flexibility index (Phi) is 5.67. The van der Waals surface area contributed by atoms with Crippen molar-refractivity contribution in [2.45, 2.75) is 18.9 Å². The highest BCUT2D eigenvalue weighted by Gasteiger charge is 2.18. The summed E-state index contributed by atoms with van der Waals surface area (Å²) in [4.78, 5) is 15.4. The summed E-state index contributed by atoms with van der Waals surface area (Å²) < 4.78 is 5.41. The minimum absolute atomic E-state index is 0.114. The van der Waals surface area contributed by atoms with Gasteiger partial charge >= 0.3 is 0 Å². The second kappa shape index (κ2) is 8.13. The first-order chi connectivity index (χ1) is 11.7. The maximum Gasteiger partial charge on any atom is 0.248 e. The molecule has 0 radical (unpaired) electrons. The molecule has 3 rings (SSSR count). The van der Waals surface area contributed by atoms with Crippen LogP contribution in [0.4, 0.5) is 11.4 Å². The van der Waals surface area contributed by atoms with Gasteiger partial charge in [-0.05, 0) is 54.6 Å². The normalized spacial score (nSPS) is 15.8. The van der Waals surface area contributed by atoms with E-state index in [0.717, 1.165) is 36.5 Å². The number of rotatable bonds is 5. The van der Waals surface area contributed by atoms with Crippen molar-refractivity contribution in [3.63, 3.8) is 0 Å². The van der Waals surface area contributed by atoms with Crippen LogP contribution in [0.5, 0.6) is 0 Å². The van der Waals surface area contributed by atoms with E-state index in [0.29, 0.717) is 6.10 Å². The molecule has 1 fully saturated rings. The number of hydrogen-bond acceptors (Lipinski definition) is 4. The summed E-state index contributed by atoms with van der Waals surface area (Å²) in [5.74, 6) is -0.114. The van der Waals surface area contributed by atoms with E-state index in [4.69, 9.17) is 4.74 Å². The second-order valence-electron chi connectivity index (χ2n) is 5.81. The highest BCUT2D eigenvalue weighted by Crippen LogP contribution is 2.23. The monoisotopic (exact) mass is 342 g/mol. The topological polar surface area (TPSA) is 41.6 Å². The third-order valence-electron chi connectivity index (χ3n) is 4.22. The number of amides is 1. The molecular formula is C19H22N2O2S. The summed E-state index contributed by atoms with van der Waals surface area (Å²) in [5.41, 5.74) is 2.00. The summed E-state index contributed by atoms with van der Waals surface area (Å²) in [6.45, 7) is 2.02. The van der Waals surface area contributed by atoms with Crippen LogP contribution in [-0.2, 0) is 9.53 Å². The maximum absolute atomic E-state index is 11.9. The van der Waals surface area contributed by atoms with Gasteiger partial charge in [0.15, 0.2) is 0 Å². The van der Waals surface area contributed by atoms with Crippen LogP contribution >= 0.6 is 11.3 Å². The molecule has 0 atom stereocenters. The molecule has 1 aromatic heterocycles. The molecule has 126 valence electrons. The first kappa shape index (κ1) is 16.7. The van der Waals surface area contributed by atoms with Crippen molar-refractivity contribution in [3.05, 3.63) is 52.7 Å². The minimum atomic E-state index is -0.114. The molecule has 2 heterocycles. The SMILES string of the molecule is COC1CCN(c2ccc(NC(=O)/C=C/c3cccs3)cc2)CC1. The number of benzene rings is 1. The highest BCUT2D eigenvalue weighted by molar-refractivity contribution is 7.10. The van der Waals surface area contributed by atoms with Crippen LogP contribution in [0.25, 0.3) is 6.08 Å². The Bertz CT molecular complexity index is 672. The minimum Gasteiger partial charge on any atom is -0.381 e. The van der Waals surface area contributed by atoms with E-state index in [-0.39, 0.29) is 5.91 Å². The smallest absolute Gasteiger partial charge is 0.248 e. The molecule has 5 heteroatoms.